The van der Waals surface area contributed by atoms with Crippen molar-refractivity contribution in [3.63, 3.8) is 0 Å². The molecule has 1 amide bonds. The van der Waals surface area contributed by atoms with E-state index in [0.717, 1.165) is 34.4 Å². The van der Waals surface area contributed by atoms with Crippen LogP contribution < -0.4 is 10.1 Å². The number of aromatic nitrogens is 1. The third-order valence-electron chi connectivity index (χ3n) is 4.21. The fourth-order valence-electron chi connectivity index (χ4n) is 2.89. The number of fused-ring (bicyclic) bond motifs is 1. The van der Waals surface area contributed by atoms with Gasteiger partial charge in [0, 0.05) is 29.1 Å². The lowest BCUT2D eigenvalue weighted by atomic mass is 10.1. The van der Waals surface area contributed by atoms with E-state index in [2.05, 4.69) is 10.3 Å². The van der Waals surface area contributed by atoms with Crippen LogP contribution in [0.5, 0.6) is 5.88 Å². The first-order valence-corrected chi connectivity index (χ1v) is 9.45. The summed E-state index contributed by atoms with van der Waals surface area (Å²) < 4.78 is 5.82. The number of amides is 1. The van der Waals surface area contributed by atoms with E-state index in [1.807, 2.05) is 54.2 Å². The van der Waals surface area contributed by atoms with Crippen LogP contribution in [0.2, 0.25) is 0 Å². The minimum atomic E-state index is -0.174. The number of benzene rings is 2. The maximum absolute atomic E-state index is 12.5. The maximum atomic E-state index is 12.5. The van der Waals surface area contributed by atoms with Crippen LogP contribution in [0.1, 0.15) is 16.8 Å². The predicted octanol–water partition coefficient (Wildman–Crippen LogP) is 4.37. The van der Waals surface area contributed by atoms with Crippen molar-refractivity contribution in [2.45, 2.75) is 12.5 Å². The zero-order valence-corrected chi connectivity index (χ0v) is 14.5. The quantitative estimate of drug-likeness (QED) is 0.759. The molecule has 1 atom stereocenters. The van der Waals surface area contributed by atoms with Crippen molar-refractivity contribution < 1.29 is 9.53 Å². The van der Waals surface area contributed by atoms with Crippen molar-refractivity contribution in [1.82, 2.24) is 4.98 Å². The van der Waals surface area contributed by atoms with Crippen LogP contribution in [0.15, 0.2) is 60.8 Å². The van der Waals surface area contributed by atoms with E-state index >= 15 is 0 Å². The van der Waals surface area contributed by atoms with Crippen LogP contribution in [0, 0.1) is 0 Å². The zero-order chi connectivity index (χ0) is 17.1. The number of ether oxygens (including phenoxy) is 1. The summed E-state index contributed by atoms with van der Waals surface area (Å²) in [5, 5.41) is 5.08. The molecule has 0 bridgehead atoms. The second-order valence-corrected chi connectivity index (χ2v) is 7.12. The number of thioether (sulfide) groups is 1. The molecule has 1 unspecified atom stereocenters. The average Bonchev–Trinajstić information content (AvgIpc) is 3.16. The van der Waals surface area contributed by atoms with Gasteiger partial charge in [0.25, 0.3) is 5.91 Å². The third kappa shape index (κ3) is 3.61. The van der Waals surface area contributed by atoms with Crippen molar-refractivity contribution in [2.75, 3.05) is 16.8 Å². The summed E-state index contributed by atoms with van der Waals surface area (Å²) >= 11 is 1.89. The molecule has 1 N–H and O–H groups in total. The number of carbonyl (C=O) groups is 1. The lowest BCUT2D eigenvalue weighted by Gasteiger charge is -2.12. The van der Waals surface area contributed by atoms with Crippen molar-refractivity contribution in [2.24, 2.45) is 0 Å². The number of nitrogens with one attached hydrogen (secondary N) is 1. The molecule has 1 aliphatic rings. The molecule has 1 aliphatic heterocycles. The summed E-state index contributed by atoms with van der Waals surface area (Å²) in [6.07, 6.45) is 2.85. The molecule has 0 spiro atoms. The average molecular weight is 350 g/mol. The highest BCUT2D eigenvalue weighted by atomic mass is 32.2. The Kier molecular flexibility index (Phi) is 4.57. The first-order chi connectivity index (χ1) is 12.3. The van der Waals surface area contributed by atoms with E-state index in [0.29, 0.717) is 11.4 Å². The van der Waals surface area contributed by atoms with Gasteiger partial charge in [-0.05, 0) is 29.7 Å². The highest BCUT2D eigenvalue weighted by Gasteiger charge is 2.17. The van der Waals surface area contributed by atoms with E-state index in [1.165, 1.54) is 0 Å². The Labute approximate surface area is 150 Å². The monoisotopic (exact) mass is 350 g/mol. The predicted molar refractivity (Wildman–Crippen MR) is 102 cm³/mol. The van der Waals surface area contributed by atoms with Gasteiger partial charge in [-0.15, -0.1) is 0 Å². The fourth-order valence-corrected chi connectivity index (χ4v) is 3.98. The molecule has 0 radical (unpaired) electrons. The molecule has 5 heteroatoms. The number of hydrogen-bond acceptors (Lipinski definition) is 4. The van der Waals surface area contributed by atoms with Gasteiger partial charge < -0.3 is 10.1 Å². The first kappa shape index (κ1) is 16.0. The maximum Gasteiger partial charge on any atom is 0.257 e. The molecule has 1 fully saturated rings. The Balaban J connectivity index is 1.48. The number of carbonyl (C=O) groups excluding carboxylic acids is 1. The first-order valence-electron chi connectivity index (χ1n) is 8.29. The molecule has 3 aromatic rings. The van der Waals surface area contributed by atoms with Gasteiger partial charge in [-0.2, -0.15) is 11.8 Å². The Hall–Kier alpha value is -2.53. The Morgan fingerprint density at radius 1 is 1.12 bits per heavy atom. The summed E-state index contributed by atoms with van der Waals surface area (Å²) in [5.74, 6) is 2.54. The van der Waals surface area contributed by atoms with Crippen LogP contribution >= 0.6 is 11.8 Å². The largest absolute Gasteiger partial charge is 0.473 e. The molecule has 2 heterocycles. The van der Waals surface area contributed by atoms with Gasteiger partial charge in [-0.25, -0.2) is 4.98 Å². The van der Waals surface area contributed by atoms with Gasteiger partial charge in [-0.3, -0.25) is 4.79 Å². The molecule has 0 aliphatic carbocycles. The van der Waals surface area contributed by atoms with Crippen LogP contribution in [0.3, 0.4) is 0 Å². The number of hydrogen-bond donors (Lipinski definition) is 1. The van der Waals surface area contributed by atoms with Crippen molar-refractivity contribution in [1.29, 1.82) is 0 Å². The summed E-state index contributed by atoms with van der Waals surface area (Å²) in [7, 11) is 0. The topological polar surface area (TPSA) is 51.2 Å². The van der Waals surface area contributed by atoms with Crippen molar-refractivity contribution in [3.8, 4) is 5.88 Å². The normalized spacial score (nSPS) is 16.7. The van der Waals surface area contributed by atoms with Crippen LogP contribution in [0.25, 0.3) is 10.8 Å². The third-order valence-corrected chi connectivity index (χ3v) is 5.34. The smallest absolute Gasteiger partial charge is 0.257 e. The number of pyridine rings is 1. The highest BCUT2D eigenvalue weighted by Crippen LogP contribution is 2.24. The van der Waals surface area contributed by atoms with E-state index < -0.39 is 0 Å². The molecule has 1 aromatic heterocycles. The molecule has 1 saturated heterocycles. The van der Waals surface area contributed by atoms with Gasteiger partial charge in [-0.1, -0.05) is 36.4 Å². The zero-order valence-electron chi connectivity index (χ0n) is 13.6. The molecular weight excluding hydrogens is 332 g/mol. The summed E-state index contributed by atoms with van der Waals surface area (Å²) in [6.45, 7) is 0. The molecule has 4 nitrogen and oxygen atoms in total. The van der Waals surface area contributed by atoms with Gasteiger partial charge in [0.05, 0.1) is 5.56 Å². The Morgan fingerprint density at radius 3 is 2.80 bits per heavy atom. The summed E-state index contributed by atoms with van der Waals surface area (Å²) in [4.78, 5) is 16.8. The number of nitrogens with zero attached hydrogens (tertiary/aromatic N) is 1. The van der Waals surface area contributed by atoms with Gasteiger partial charge >= 0.3 is 0 Å². The summed E-state index contributed by atoms with van der Waals surface area (Å²) in [5.41, 5.74) is 1.31. The van der Waals surface area contributed by atoms with Crippen LogP contribution in [-0.2, 0) is 0 Å². The van der Waals surface area contributed by atoms with Gasteiger partial charge in [0.2, 0.25) is 5.88 Å². The minimum Gasteiger partial charge on any atom is -0.473 e. The van der Waals surface area contributed by atoms with Gasteiger partial charge in [0.1, 0.15) is 6.10 Å². The molecular formula is C20H18N2O2S. The number of rotatable bonds is 4. The lowest BCUT2D eigenvalue weighted by molar-refractivity contribution is 0.102. The minimum absolute atomic E-state index is 0.174. The summed E-state index contributed by atoms with van der Waals surface area (Å²) in [6, 6.07) is 17.4. The van der Waals surface area contributed by atoms with E-state index in [9.17, 15) is 4.79 Å². The number of anilines is 1. The molecule has 0 saturated carbocycles. The van der Waals surface area contributed by atoms with E-state index in [4.69, 9.17) is 4.74 Å². The molecule has 25 heavy (non-hydrogen) atoms. The highest BCUT2D eigenvalue weighted by molar-refractivity contribution is 7.99. The van der Waals surface area contributed by atoms with E-state index in [1.54, 1.807) is 18.3 Å². The van der Waals surface area contributed by atoms with Crippen molar-refractivity contribution >= 4 is 34.1 Å². The van der Waals surface area contributed by atoms with E-state index in [-0.39, 0.29) is 12.0 Å². The second kappa shape index (κ2) is 7.15. The van der Waals surface area contributed by atoms with Crippen molar-refractivity contribution in [3.05, 3.63) is 66.4 Å². The second-order valence-electron chi connectivity index (χ2n) is 5.97. The Bertz CT molecular complexity index is 884. The van der Waals surface area contributed by atoms with Crippen LogP contribution in [0.4, 0.5) is 5.69 Å². The van der Waals surface area contributed by atoms with Crippen LogP contribution in [-0.4, -0.2) is 28.5 Å². The van der Waals surface area contributed by atoms with Gasteiger partial charge in [0.15, 0.2) is 0 Å². The fraction of sp³-hybridized carbons (Fsp3) is 0.200. The molecule has 126 valence electrons. The molecule has 2 aromatic carbocycles. The standard InChI is InChI=1S/C20H18N2O2S/c23-20(22-18-7-3-5-14-4-1-2-6-17(14)18)15-8-9-19(21-12-15)24-16-10-11-25-13-16/h1-9,12,16H,10-11,13H2,(H,22,23). The SMILES string of the molecule is O=C(Nc1cccc2ccccc12)c1ccc(OC2CCSC2)nc1. The Morgan fingerprint density at radius 2 is 2.00 bits per heavy atom. The lowest BCUT2D eigenvalue weighted by Crippen LogP contribution is -2.16. The molecule has 4 rings (SSSR count).